The second-order valence-corrected chi connectivity index (χ2v) is 7.87. The van der Waals surface area contributed by atoms with Crippen molar-refractivity contribution in [3.63, 3.8) is 0 Å². The van der Waals surface area contributed by atoms with Crippen LogP contribution in [-0.2, 0) is 9.59 Å². The summed E-state index contributed by atoms with van der Waals surface area (Å²) in [6, 6.07) is 5.78. The summed E-state index contributed by atoms with van der Waals surface area (Å²) < 4.78 is 63.5. The third-order valence-electron chi connectivity index (χ3n) is 5.46. The first-order chi connectivity index (χ1) is 17.2. The van der Waals surface area contributed by atoms with Gasteiger partial charge < -0.3 is 19.7 Å². The fourth-order valence-corrected chi connectivity index (χ4v) is 3.67. The Morgan fingerprint density at radius 1 is 0.972 bits per heavy atom. The van der Waals surface area contributed by atoms with Crippen molar-refractivity contribution in [1.82, 2.24) is 15.2 Å². The Hall–Kier alpha value is -4.22. The quantitative estimate of drug-likeness (QED) is 0.229. The minimum Gasteiger partial charge on any atom is -0.482 e. The van der Waals surface area contributed by atoms with Gasteiger partial charge in [-0.1, -0.05) is 0 Å². The Balaban J connectivity index is 1.40. The molecule has 1 fully saturated rings. The zero-order valence-electron chi connectivity index (χ0n) is 18.7. The van der Waals surface area contributed by atoms with E-state index in [9.17, 15) is 31.9 Å². The van der Waals surface area contributed by atoms with Gasteiger partial charge in [0, 0.05) is 36.8 Å². The molecular weight excluding hydrogens is 486 g/mol. The van der Waals surface area contributed by atoms with Crippen LogP contribution in [0.4, 0.5) is 17.6 Å². The maximum atomic E-state index is 13.7. The van der Waals surface area contributed by atoms with Crippen LogP contribution in [0, 0.1) is 23.3 Å². The minimum absolute atomic E-state index is 0.0134. The molecule has 1 aliphatic heterocycles. The summed E-state index contributed by atoms with van der Waals surface area (Å²) in [5.41, 5.74) is 0.586. The molecule has 4 rings (SSSR count). The number of nitrogens with zero attached hydrogens (tertiary/aromatic N) is 2. The molecular formula is C24H19F4N3O5. The van der Waals surface area contributed by atoms with Crippen molar-refractivity contribution in [3.8, 4) is 11.5 Å². The summed E-state index contributed by atoms with van der Waals surface area (Å²) in [6.45, 7) is 0.363. The zero-order valence-corrected chi connectivity index (χ0v) is 18.7. The average molecular weight is 505 g/mol. The second-order valence-electron chi connectivity index (χ2n) is 7.87. The number of amides is 2. The number of carbonyl (C=O) groups is 3. The van der Waals surface area contributed by atoms with E-state index in [4.69, 9.17) is 4.74 Å². The first-order valence-corrected chi connectivity index (χ1v) is 10.9. The van der Waals surface area contributed by atoms with E-state index in [1.54, 1.807) is 4.90 Å². The summed E-state index contributed by atoms with van der Waals surface area (Å²) in [5.74, 6) is -10.5. The van der Waals surface area contributed by atoms with Gasteiger partial charge in [-0.25, -0.2) is 13.6 Å². The highest BCUT2D eigenvalue weighted by molar-refractivity contribution is 6.07. The third-order valence-corrected chi connectivity index (χ3v) is 5.46. The number of benzene rings is 2. The van der Waals surface area contributed by atoms with Crippen molar-refractivity contribution < 1.29 is 41.4 Å². The average Bonchev–Trinajstić information content (AvgIpc) is 3.42. The number of halogens is 4. The summed E-state index contributed by atoms with van der Waals surface area (Å²) >= 11 is 0. The molecule has 188 valence electrons. The van der Waals surface area contributed by atoms with Gasteiger partial charge in [0.2, 0.25) is 23.3 Å². The van der Waals surface area contributed by atoms with Crippen LogP contribution >= 0.6 is 0 Å². The molecule has 0 spiro atoms. The molecule has 0 bridgehead atoms. The SMILES string of the molecule is O=C(COc1ccc2c(C(=O)NCC(=O)N3CCCC3)ccnc2c1)Oc1c(F)c(F)cc(F)c1F. The van der Waals surface area contributed by atoms with E-state index in [1.165, 1.54) is 30.5 Å². The number of fused-ring (bicyclic) bond motifs is 1. The molecule has 2 heterocycles. The van der Waals surface area contributed by atoms with E-state index in [1.807, 2.05) is 0 Å². The van der Waals surface area contributed by atoms with Gasteiger partial charge in [0.05, 0.1) is 17.6 Å². The van der Waals surface area contributed by atoms with Crippen LogP contribution in [0.25, 0.3) is 10.9 Å². The molecule has 0 radical (unpaired) electrons. The van der Waals surface area contributed by atoms with Gasteiger partial charge in [-0.05, 0) is 31.0 Å². The number of pyridine rings is 1. The molecule has 2 aromatic carbocycles. The number of esters is 1. The van der Waals surface area contributed by atoms with E-state index in [0.29, 0.717) is 24.0 Å². The summed E-state index contributed by atoms with van der Waals surface area (Å²) in [4.78, 5) is 42.6. The Morgan fingerprint density at radius 2 is 1.67 bits per heavy atom. The van der Waals surface area contributed by atoms with Crippen LogP contribution in [-0.4, -0.2) is 53.9 Å². The van der Waals surface area contributed by atoms with Crippen molar-refractivity contribution in [2.24, 2.45) is 0 Å². The maximum Gasteiger partial charge on any atom is 0.349 e. The number of hydrogen-bond acceptors (Lipinski definition) is 6. The van der Waals surface area contributed by atoms with Crippen LogP contribution in [0.3, 0.4) is 0 Å². The van der Waals surface area contributed by atoms with Gasteiger partial charge in [-0.3, -0.25) is 14.6 Å². The lowest BCUT2D eigenvalue weighted by Gasteiger charge is -2.15. The first kappa shape index (κ1) is 24.9. The number of ether oxygens (including phenoxy) is 2. The molecule has 1 saturated heterocycles. The van der Waals surface area contributed by atoms with E-state index in [0.717, 1.165) is 12.8 Å². The first-order valence-electron chi connectivity index (χ1n) is 10.9. The topological polar surface area (TPSA) is 97.8 Å². The van der Waals surface area contributed by atoms with Crippen molar-refractivity contribution in [1.29, 1.82) is 0 Å². The van der Waals surface area contributed by atoms with Gasteiger partial charge >= 0.3 is 5.97 Å². The molecule has 1 aromatic heterocycles. The normalized spacial score (nSPS) is 13.1. The van der Waals surface area contributed by atoms with Gasteiger partial charge in [0.25, 0.3) is 5.91 Å². The predicted octanol–water partition coefficient (Wildman–Crippen LogP) is 3.13. The monoisotopic (exact) mass is 505 g/mol. The highest BCUT2D eigenvalue weighted by atomic mass is 19.2. The van der Waals surface area contributed by atoms with Crippen LogP contribution in [0.1, 0.15) is 23.2 Å². The number of nitrogens with one attached hydrogen (secondary N) is 1. The molecule has 1 aliphatic rings. The van der Waals surface area contributed by atoms with E-state index < -0.39 is 47.5 Å². The lowest BCUT2D eigenvalue weighted by Crippen LogP contribution is -2.38. The lowest BCUT2D eigenvalue weighted by molar-refractivity contribution is -0.137. The number of carbonyl (C=O) groups excluding carboxylic acids is 3. The van der Waals surface area contributed by atoms with E-state index >= 15 is 0 Å². The summed E-state index contributed by atoms with van der Waals surface area (Å²) in [5, 5.41) is 3.04. The van der Waals surface area contributed by atoms with E-state index in [2.05, 4.69) is 15.0 Å². The predicted molar refractivity (Wildman–Crippen MR) is 117 cm³/mol. The van der Waals surface area contributed by atoms with Gasteiger partial charge in [0.15, 0.2) is 18.2 Å². The molecule has 1 N–H and O–H groups in total. The lowest BCUT2D eigenvalue weighted by atomic mass is 10.1. The fraction of sp³-hybridized carbons (Fsp3) is 0.250. The van der Waals surface area contributed by atoms with Crippen molar-refractivity contribution >= 4 is 28.7 Å². The minimum atomic E-state index is -1.86. The standard InChI is InChI=1S/C24H19F4N3O5/c25-16-10-17(26)22(28)23(21(16)27)36-20(33)12-35-13-3-4-14-15(5-6-29-18(14)9-13)24(34)30-11-19(32)31-7-1-2-8-31/h3-6,9-10H,1-2,7-8,11-12H2,(H,30,34). The highest BCUT2D eigenvalue weighted by Gasteiger charge is 2.23. The van der Waals surface area contributed by atoms with Crippen LogP contribution in [0.15, 0.2) is 36.5 Å². The van der Waals surface area contributed by atoms with Crippen molar-refractivity contribution in [2.75, 3.05) is 26.2 Å². The number of aromatic nitrogens is 1. The largest absolute Gasteiger partial charge is 0.482 e. The molecule has 0 aliphatic carbocycles. The van der Waals surface area contributed by atoms with Gasteiger partial charge in [-0.15, -0.1) is 0 Å². The molecule has 12 heteroatoms. The smallest absolute Gasteiger partial charge is 0.349 e. The number of hydrogen-bond donors (Lipinski definition) is 1. The van der Waals surface area contributed by atoms with Crippen molar-refractivity contribution in [2.45, 2.75) is 12.8 Å². The van der Waals surface area contributed by atoms with Crippen LogP contribution < -0.4 is 14.8 Å². The second kappa shape index (κ2) is 10.6. The Kier molecular flexibility index (Phi) is 7.32. The molecule has 8 nitrogen and oxygen atoms in total. The van der Waals surface area contributed by atoms with Gasteiger partial charge in [0.1, 0.15) is 5.75 Å². The highest BCUT2D eigenvalue weighted by Crippen LogP contribution is 2.27. The van der Waals surface area contributed by atoms with Gasteiger partial charge in [-0.2, -0.15) is 8.78 Å². The van der Waals surface area contributed by atoms with Crippen LogP contribution in [0.5, 0.6) is 11.5 Å². The number of likely N-dealkylation sites (tertiary alicyclic amines) is 1. The number of rotatable bonds is 7. The molecule has 0 unspecified atom stereocenters. The molecule has 0 saturated carbocycles. The molecule has 3 aromatic rings. The fourth-order valence-electron chi connectivity index (χ4n) is 3.67. The summed E-state index contributed by atoms with van der Waals surface area (Å²) in [6.07, 6.45) is 3.25. The van der Waals surface area contributed by atoms with Crippen LogP contribution in [0.2, 0.25) is 0 Å². The zero-order chi connectivity index (χ0) is 25.8. The van der Waals surface area contributed by atoms with Crippen molar-refractivity contribution in [3.05, 3.63) is 65.4 Å². The molecule has 36 heavy (non-hydrogen) atoms. The maximum absolute atomic E-state index is 13.7. The molecule has 2 amide bonds. The Labute approximate surface area is 201 Å². The Morgan fingerprint density at radius 3 is 2.36 bits per heavy atom. The Bertz CT molecular complexity index is 1320. The third kappa shape index (κ3) is 5.37. The molecule has 0 atom stereocenters. The van der Waals surface area contributed by atoms with E-state index in [-0.39, 0.29) is 29.8 Å². The summed E-state index contributed by atoms with van der Waals surface area (Å²) in [7, 11) is 0.